The van der Waals surface area contributed by atoms with Crippen molar-refractivity contribution in [3.8, 4) is 0 Å². The van der Waals surface area contributed by atoms with E-state index in [1.165, 1.54) is 64.0 Å². The predicted octanol–water partition coefficient (Wildman–Crippen LogP) is 4.11. The minimum absolute atomic E-state index is 0. The lowest BCUT2D eigenvalue weighted by molar-refractivity contribution is 0.152. The quantitative estimate of drug-likeness (QED) is 0.233. The first-order valence-corrected chi connectivity index (χ1v) is 12.2. The van der Waals surface area contributed by atoms with Crippen molar-refractivity contribution in [2.45, 2.75) is 45.4 Å². The topological polar surface area (TPSA) is 34.1 Å². The second-order valence-corrected chi connectivity index (χ2v) is 9.01. The molecule has 0 saturated carbocycles. The van der Waals surface area contributed by atoms with E-state index in [1.54, 1.807) is 0 Å². The van der Waals surface area contributed by atoms with Crippen LogP contribution >= 0.6 is 24.0 Å². The number of piperidine rings is 1. The van der Waals surface area contributed by atoms with E-state index >= 15 is 0 Å². The monoisotopic (exact) mass is 541 g/mol. The zero-order chi connectivity index (χ0) is 21.2. The van der Waals surface area contributed by atoms with Crippen LogP contribution in [-0.4, -0.2) is 86.6 Å². The third-order valence-electron chi connectivity index (χ3n) is 6.86. The lowest BCUT2D eigenvalue weighted by atomic mass is 9.79. The molecule has 6 heteroatoms. The van der Waals surface area contributed by atoms with Crippen LogP contribution < -0.4 is 5.32 Å². The number of halogens is 1. The number of unbranched alkanes of at least 4 members (excludes halogenated alkanes) is 1. The van der Waals surface area contributed by atoms with E-state index in [4.69, 9.17) is 4.99 Å². The van der Waals surface area contributed by atoms with Crippen molar-refractivity contribution in [2.24, 2.45) is 10.9 Å². The van der Waals surface area contributed by atoms with Crippen LogP contribution in [0.5, 0.6) is 0 Å². The van der Waals surface area contributed by atoms with Crippen LogP contribution in [0.3, 0.4) is 0 Å². The number of likely N-dealkylation sites (tertiary alicyclic amines) is 1. The van der Waals surface area contributed by atoms with Crippen molar-refractivity contribution < 1.29 is 0 Å². The summed E-state index contributed by atoms with van der Waals surface area (Å²) in [6, 6.07) is 11.1. The van der Waals surface area contributed by atoms with Gasteiger partial charge in [0.15, 0.2) is 5.96 Å². The second kappa shape index (κ2) is 14.3. The summed E-state index contributed by atoms with van der Waals surface area (Å²) in [4.78, 5) is 12.5. The van der Waals surface area contributed by atoms with E-state index in [1.807, 2.05) is 0 Å². The summed E-state index contributed by atoms with van der Waals surface area (Å²) in [7, 11) is 2.22. The molecule has 1 N–H and O–H groups in total. The van der Waals surface area contributed by atoms with Gasteiger partial charge < -0.3 is 20.0 Å². The Kier molecular flexibility index (Phi) is 12.2. The van der Waals surface area contributed by atoms with Crippen LogP contribution in [0.15, 0.2) is 35.3 Å². The van der Waals surface area contributed by atoms with E-state index in [0.29, 0.717) is 11.8 Å². The van der Waals surface area contributed by atoms with Crippen molar-refractivity contribution in [1.82, 2.24) is 20.0 Å². The number of hydrogen-bond acceptors (Lipinski definition) is 3. The highest BCUT2D eigenvalue weighted by atomic mass is 127. The molecule has 31 heavy (non-hydrogen) atoms. The van der Waals surface area contributed by atoms with Crippen molar-refractivity contribution >= 4 is 29.9 Å². The largest absolute Gasteiger partial charge is 0.357 e. The number of nitrogens with zero attached hydrogens (tertiary/aromatic N) is 4. The Balaban J connectivity index is 0.00000341. The average Bonchev–Trinajstić information content (AvgIpc) is 2.79. The highest BCUT2D eigenvalue weighted by Crippen LogP contribution is 2.34. The average molecular weight is 542 g/mol. The zero-order valence-electron chi connectivity index (χ0n) is 19.9. The zero-order valence-corrected chi connectivity index (χ0v) is 22.3. The van der Waals surface area contributed by atoms with Crippen LogP contribution in [0.25, 0.3) is 0 Å². The minimum atomic E-state index is 0. The number of rotatable bonds is 8. The SMILES string of the molecule is CCNC(=NCCCCN1CCN(C)CC1)N1CCC(c2ccccc2)C(CC)C1.I. The van der Waals surface area contributed by atoms with Gasteiger partial charge in [0.2, 0.25) is 0 Å². The summed E-state index contributed by atoms with van der Waals surface area (Å²) >= 11 is 0. The highest BCUT2D eigenvalue weighted by molar-refractivity contribution is 14.0. The van der Waals surface area contributed by atoms with Gasteiger partial charge in [-0.05, 0) is 57.2 Å². The molecule has 5 nitrogen and oxygen atoms in total. The molecule has 0 aromatic heterocycles. The summed E-state index contributed by atoms with van der Waals surface area (Å²) in [6.07, 6.45) is 4.87. The number of piperazine rings is 1. The number of aliphatic imine (C=N–C) groups is 1. The Morgan fingerprint density at radius 1 is 1.03 bits per heavy atom. The molecule has 1 aromatic carbocycles. The lowest BCUT2D eigenvalue weighted by Gasteiger charge is -2.40. The van der Waals surface area contributed by atoms with Crippen LogP contribution in [-0.2, 0) is 0 Å². The summed E-state index contributed by atoms with van der Waals surface area (Å²) in [5.41, 5.74) is 1.51. The molecule has 3 rings (SSSR count). The van der Waals surface area contributed by atoms with Gasteiger partial charge in [0.25, 0.3) is 0 Å². The molecule has 2 aliphatic rings. The van der Waals surface area contributed by atoms with E-state index < -0.39 is 0 Å². The number of hydrogen-bond donors (Lipinski definition) is 1. The molecule has 2 fully saturated rings. The minimum Gasteiger partial charge on any atom is -0.357 e. The molecule has 2 saturated heterocycles. The van der Waals surface area contributed by atoms with Gasteiger partial charge in [0.1, 0.15) is 0 Å². The van der Waals surface area contributed by atoms with Gasteiger partial charge in [-0.1, -0.05) is 43.7 Å². The fraction of sp³-hybridized carbons (Fsp3) is 0.720. The van der Waals surface area contributed by atoms with E-state index in [-0.39, 0.29) is 24.0 Å². The van der Waals surface area contributed by atoms with Crippen molar-refractivity contribution in [3.05, 3.63) is 35.9 Å². The molecule has 0 spiro atoms. The predicted molar refractivity (Wildman–Crippen MR) is 144 cm³/mol. The van der Waals surface area contributed by atoms with Crippen LogP contribution in [0.4, 0.5) is 0 Å². The van der Waals surface area contributed by atoms with Crippen molar-refractivity contribution in [1.29, 1.82) is 0 Å². The normalized spacial score (nSPS) is 23.5. The van der Waals surface area contributed by atoms with Crippen LogP contribution in [0, 0.1) is 5.92 Å². The Labute approximate surface area is 207 Å². The molecular formula is C25H44IN5. The van der Waals surface area contributed by atoms with Crippen molar-refractivity contribution in [3.63, 3.8) is 0 Å². The van der Waals surface area contributed by atoms with E-state index in [2.05, 4.69) is 71.2 Å². The molecule has 176 valence electrons. The number of benzene rings is 1. The van der Waals surface area contributed by atoms with Gasteiger partial charge in [-0.3, -0.25) is 4.99 Å². The van der Waals surface area contributed by atoms with Gasteiger partial charge in [0.05, 0.1) is 0 Å². The second-order valence-electron chi connectivity index (χ2n) is 9.01. The summed E-state index contributed by atoms with van der Waals surface area (Å²) in [5, 5.41) is 3.56. The van der Waals surface area contributed by atoms with Crippen molar-refractivity contribution in [2.75, 3.05) is 66.0 Å². The molecule has 0 bridgehead atoms. The van der Waals surface area contributed by atoms with E-state index in [0.717, 1.165) is 32.1 Å². The highest BCUT2D eigenvalue weighted by Gasteiger charge is 2.30. The molecule has 2 unspecified atom stereocenters. The van der Waals surface area contributed by atoms with Crippen LogP contribution in [0.1, 0.15) is 51.0 Å². The number of guanidine groups is 1. The first-order chi connectivity index (χ1) is 14.7. The Hall–Kier alpha value is -0.860. The summed E-state index contributed by atoms with van der Waals surface area (Å²) in [6.45, 7) is 14.7. The Morgan fingerprint density at radius 2 is 1.77 bits per heavy atom. The standard InChI is InChI=1S/C25H43N5.HI/c1-4-22-21-30(16-13-24(22)23-11-7-6-8-12-23)25(26-5-2)27-14-9-10-15-29-19-17-28(3)18-20-29;/h6-8,11-12,22,24H,4-5,9-10,13-21H2,1-3H3,(H,26,27);1H. The smallest absolute Gasteiger partial charge is 0.193 e. The molecule has 2 heterocycles. The first kappa shape index (κ1) is 26.4. The fourth-order valence-electron chi connectivity index (χ4n) is 4.91. The maximum absolute atomic E-state index is 5.00. The van der Waals surface area contributed by atoms with Gasteiger partial charge in [-0.15, -0.1) is 24.0 Å². The lowest BCUT2D eigenvalue weighted by Crippen LogP contribution is -2.48. The Bertz CT molecular complexity index is 630. The third-order valence-corrected chi connectivity index (χ3v) is 6.86. The van der Waals surface area contributed by atoms with Gasteiger partial charge in [-0.25, -0.2) is 0 Å². The van der Waals surface area contributed by atoms with E-state index in [9.17, 15) is 0 Å². The fourth-order valence-corrected chi connectivity index (χ4v) is 4.91. The first-order valence-electron chi connectivity index (χ1n) is 12.2. The third kappa shape index (κ3) is 8.21. The molecular weight excluding hydrogens is 497 g/mol. The van der Waals surface area contributed by atoms with Gasteiger partial charge in [0, 0.05) is 52.4 Å². The van der Waals surface area contributed by atoms with Gasteiger partial charge >= 0.3 is 0 Å². The molecule has 1 aromatic rings. The number of nitrogens with one attached hydrogen (secondary N) is 1. The molecule has 2 atom stereocenters. The molecule has 0 aliphatic carbocycles. The molecule has 0 amide bonds. The number of likely N-dealkylation sites (N-methyl/N-ethyl adjacent to an activating group) is 1. The summed E-state index contributed by atoms with van der Waals surface area (Å²) in [5.74, 6) is 2.50. The molecule has 0 radical (unpaired) electrons. The molecule has 2 aliphatic heterocycles. The maximum atomic E-state index is 5.00. The summed E-state index contributed by atoms with van der Waals surface area (Å²) < 4.78 is 0. The van der Waals surface area contributed by atoms with Gasteiger partial charge in [-0.2, -0.15) is 0 Å². The Morgan fingerprint density at radius 3 is 2.45 bits per heavy atom. The maximum Gasteiger partial charge on any atom is 0.193 e. The van der Waals surface area contributed by atoms with Crippen LogP contribution in [0.2, 0.25) is 0 Å².